The van der Waals surface area contributed by atoms with Crippen molar-refractivity contribution in [2.45, 2.75) is 20.0 Å². The van der Waals surface area contributed by atoms with Crippen molar-refractivity contribution < 1.29 is 18.7 Å². The monoisotopic (exact) mass is 241 g/mol. The first-order valence-corrected chi connectivity index (χ1v) is 5.35. The largest absolute Gasteiger partial charge is 0.456 e. The maximum atomic E-state index is 12.9. The van der Waals surface area contributed by atoms with Crippen LogP contribution in [0.3, 0.4) is 0 Å². The summed E-state index contributed by atoms with van der Waals surface area (Å²) in [7, 11) is 1.53. The third kappa shape index (κ3) is 4.11. The molecule has 0 spiro atoms. The number of carbonyl (C=O) groups is 1. The van der Waals surface area contributed by atoms with Gasteiger partial charge in [0.15, 0.2) is 0 Å². The lowest BCUT2D eigenvalue weighted by Gasteiger charge is -2.20. The molecule has 1 aromatic rings. The van der Waals surface area contributed by atoms with Gasteiger partial charge in [0.05, 0.1) is 18.4 Å². The van der Waals surface area contributed by atoms with E-state index in [1.54, 1.807) is 0 Å². The Kier molecular flexibility index (Phi) is 5.03. The topological polar surface area (TPSA) is 48.4 Å². The van der Waals surface area contributed by atoms with Crippen molar-refractivity contribution in [3.63, 3.8) is 0 Å². The van der Waals surface area contributed by atoms with Crippen molar-refractivity contribution in [3.05, 3.63) is 29.8 Å². The summed E-state index contributed by atoms with van der Waals surface area (Å²) in [6.45, 7) is 4.15. The standard InChI is InChI=1S/C12H16FNO3/c1-8(2)11(7-16-3)17-12(15)9-4-10(13)6-14-5-9/h4-6,8,11H,7H2,1-3H3/t11-/m0/s1. The summed E-state index contributed by atoms with van der Waals surface area (Å²) in [5, 5.41) is 0. The van der Waals surface area contributed by atoms with Gasteiger partial charge in [0.1, 0.15) is 11.9 Å². The SMILES string of the molecule is COC[C@H](OC(=O)c1cncc(F)c1)C(C)C. The Morgan fingerprint density at radius 1 is 1.47 bits per heavy atom. The summed E-state index contributed by atoms with van der Waals surface area (Å²) < 4.78 is 23.1. The first-order chi connectivity index (χ1) is 8.04. The number of rotatable bonds is 5. The Morgan fingerprint density at radius 2 is 2.18 bits per heavy atom. The molecule has 0 radical (unpaired) electrons. The number of esters is 1. The maximum absolute atomic E-state index is 12.9. The highest BCUT2D eigenvalue weighted by atomic mass is 19.1. The van der Waals surface area contributed by atoms with Gasteiger partial charge in [0, 0.05) is 13.3 Å². The van der Waals surface area contributed by atoms with Crippen molar-refractivity contribution in [1.29, 1.82) is 0 Å². The second kappa shape index (κ2) is 6.30. The molecule has 1 heterocycles. The number of ether oxygens (including phenoxy) is 2. The summed E-state index contributed by atoms with van der Waals surface area (Å²) in [5.74, 6) is -1.03. The minimum Gasteiger partial charge on any atom is -0.456 e. The molecular weight excluding hydrogens is 225 g/mol. The number of methoxy groups -OCH3 is 1. The lowest BCUT2D eigenvalue weighted by molar-refractivity contribution is -0.0103. The number of hydrogen-bond acceptors (Lipinski definition) is 4. The third-order valence-corrected chi connectivity index (χ3v) is 2.27. The van der Waals surface area contributed by atoms with Crippen LogP contribution < -0.4 is 0 Å². The number of aromatic nitrogens is 1. The van der Waals surface area contributed by atoms with Gasteiger partial charge in [-0.2, -0.15) is 0 Å². The van der Waals surface area contributed by atoms with Gasteiger partial charge in [-0.05, 0) is 12.0 Å². The van der Waals surface area contributed by atoms with Crippen molar-refractivity contribution in [2.75, 3.05) is 13.7 Å². The molecule has 17 heavy (non-hydrogen) atoms. The third-order valence-electron chi connectivity index (χ3n) is 2.27. The lowest BCUT2D eigenvalue weighted by Crippen LogP contribution is -2.28. The summed E-state index contributed by atoms with van der Waals surface area (Å²) >= 11 is 0. The van der Waals surface area contributed by atoms with E-state index in [0.29, 0.717) is 6.61 Å². The van der Waals surface area contributed by atoms with Gasteiger partial charge >= 0.3 is 5.97 Å². The van der Waals surface area contributed by atoms with Gasteiger partial charge in [-0.25, -0.2) is 9.18 Å². The van der Waals surface area contributed by atoms with E-state index in [2.05, 4.69) is 4.98 Å². The summed E-state index contributed by atoms with van der Waals surface area (Å²) in [6, 6.07) is 1.10. The Morgan fingerprint density at radius 3 is 2.71 bits per heavy atom. The Balaban J connectivity index is 2.70. The zero-order valence-electron chi connectivity index (χ0n) is 10.1. The molecule has 0 saturated heterocycles. The van der Waals surface area contributed by atoms with Crippen LogP contribution in [0.4, 0.5) is 4.39 Å². The van der Waals surface area contributed by atoms with Crippen LogP contribution in [0, 0.1) is 11.7 Å². The number of halogens is 1. The molecule has 5 heteroatoms. The molecule has 0 aliphatic carbocycles. The van der Waals surface area contributed by atoms with Crippen molar-refractivity contribution in [1.82, 2.24) is 4.98 Å². The average Bonchev–Trinajstić information content (AvgIpc) is 2.28. The van der Waals surface area contributed by atoms with E-state index in [-0.39, 0.29) is 17.6 Å². The fourth-order valence-electron chi connectivity index (χ4n) is 1.26. The van der Waals surface area contributed by atoms with E-state index in [1.807, 2.05) is 13.8 Å². The number of nitrogens with zero attached hydrogens (tertiary/aromatic N) is 1. The molecule has 0 bridgehead atoms. The Bertz CT molecular complexity index is 382. The van der Waals surface area contributed by atoms with E-state index in [0.717, 1.165) is 12.3 Å². The molecular formula is C12H16FNO3. The molecule has 0 amide bonds. The van der Waals surface area contributed by atoms with Crippen molar-refractivity contribution in [2.24, 2.45) is 5.92 Å². The normalized spacial score (nSPS) is 12.5. The van der Waals surface area contributed by atoms with Crippen molar-refractivity contribution in [3.8, 4) is 0 Å². The molecule has 0 N–H and O–H groups in total. The zero-order valence-corrected chi connectivity index (χ0v) is 10.1. The van der Waals surface area contributed by atoms with Crippen LogP contribution in [0.25, 0.3) is 0 Å². The molecule has 1 aromatic heterocycles. The summed E-state index contributed by atoms with van der Waals surface area (Å²) in [5.41, 5.74) is 0.103. The van der Waals surface area contributed by atoms with Crippen LogP contribution in [0.15, 0.2) is 18.5 Å². The van der Waals surface area contributed by atoms with E-state index in [1.165, 1.54) is 13.3 Å². The van der Waals surface area contributed by atoms with Crippen LogP contribution in [-0.2, 0) is 9.47 Å². The second-order valence-corrected chi connectivity index (χ2v) is 4.03. The van der Waals surface area contributed by atoms with Gasteiger partial charge in [-0.1, -0.05) is 13.8 Å². The van der Waals surface area contributed by atoms with Crippen LogP contribution in [-0.4, -0.2) is 30.8 Å². The fourth-order valence-corrected chi connectivity index (χ4v) is 1.26. The highest BCUT2D eigenvalue weighted by molar-refractivity contribution is 5.89. The fraction of sp³-hybridized carbons (Fsp3) is 0.500. The minimum absolute atomic E-state index is 0.103. The predicted octanol–water partition coefficient (Wildman–Crippen LogP) is 2.05. The lowest BCUT2D eigenvalue weighted by atomic mass is 10.1. The molecule has 0 aliphatic heterocycles. The first-order valence-electron chi connectivity index (χ1n) is 5.35. The van der Waals surface area contributed by atoms with E-state index < -0.39 is 11.8 Å². The van der Waals surface area contributed by atoms with Gasteiger partial charge < -0.3 is 9.47 Å². The minimum atomic E-state index is -0.590. The Hall–Kier alpha value is -1.49. The molecule has 94 valence electrons. The maximum Gasteiger partial charge on any atom is 0.340 e. The molecule has 1 rings (SSSR count). The summed E-state index contributed by atoms with van der Waals surface area (Å²) in [4.78, 5) is 15.3. The highest BCUT2D eigenvalue weighted by Crippen LogP contribution is 2.11. The smallest absolute Gasteiger partial charge is 0.340 e. The van der Waals surface area contributed by atoms with Crippen LogP contribution >= 0.6 is 0 Å². The second-order valence-electron chi connectivity index (χ2n) is 4.03. The Labute approximate surface area is 99.8 Å². The predicted molar refractivity (Wildman–Crippen MR) is 60.1 cm³/mol. The molecule has 0 unspecified atom stereocenters. The van der Waals surface area contributed by atoms with Gasteiger partial charge in [0.25, 0.3) is 0 Å². The molecule has 0 aliphatic rings. The number of hydrogen-bond donors (Lipinski definition) is 0. The van der Waals surface area contributed by atoms with Gasteiger partial charge in [-0.3, -0.25) is 4.98 Å². The van der Waals surface area contributed by atoms with E-state index in [9.17, 15) is 9.18 Å². The highest BCUT2D eigenvalue weighted by Gasteiger charge is 2.19. The van der Waals surface area contributed by atoms with Gasteiger partial charge in [-0.15, -0.1) is 0 Å². The van der Waals surface area contributed by atoms with Crippen LogP contribution in [0.5, 0.6) is 0 Å². The van der Waals surface area contributed by atoms with E-state index >= 15 is 0 Å². The molecule has 4 nitrogen and oxygen atoms in total. The van der Waals surface area contributed by atoms with Crippen LogP contribution in [0.2, 0.25) is 0 Å². The summed E-state index contributed by atoms with van der Waals surface area (Å²) in [6.07, 6.45) is 1.96. The van der Waals surface area contributed by atoms with E-state index in [4.69, 9.17) is 9.47 Å². The van der Waals surface area contributed by atoms with Gasteiger partial charge in [0.2, 0.25) is 0 Å². The zero-order chi connectivity index (χ0) is 12.8. The molecule has 0 saturated carbocycles. The van der Waals surface area contributed by atoms with Crippen LogP contribution in [0.1, 0.15) is 24.2 Å². The molecule has 1 atom stereocenters. The average molecular weight is 241 g/mol. The number of pyridine rings is 1. The quantitative estimate of drug-likeness (QED) is 0.740. The van der Waals surface area contributed by atoms with Crippen molar-refractivity contribution >= 4 is 5.97 Å². The number of carbonyl (C=O) groups excluding carboxylic acids is 1. The molecule has 0 fully saturated rings. The first kappa shape index (κ1) is 13.6. The molecule has 0 aromatic carbocycles.